The maximum Gasteiger partial charge on any atom is 0.373 e. The van der Waals surface area contributed by atoms with Gasteiger partial charge in [-0.05, 0) is 62.1 Å². The van der Waals surface area contributed by atoms with Crippen LogP contribution in [0.3, 0.4) is 0 Å². The van der Waals surface area contributed by atoms with Gasteiger partial charge in [0.25, 0.3) is 5.88 Å². The van der Waals surface area contributed by atoms with Crippen molar-refractivity contribution in [3.63, 3.8) is 0 Å². The molecule has 0 amide bonds. The van der Waals surface area contributed by atoms with Gasteiger partial charge in [0.15, 0.2) is 0 Å². The average Bonchev–Trinajstić information content (AvgIpc) is 2.76. The molecular formula is C22H22N4O4. The molecule has 0 atom stereocenters. The van der Waals surface area contributed by atoms with Crippen LogP contribution in [0, 0.1) is 10.1 Å². The highest BCUT2D eigenvalue weighted by Gasteiger charge is 2.27. The van der Waals surface area contributed by atoms with Crippen molar-refractivity contribution in [2.24, 2.45) is 0 Å². The fraction of sp³-hybridized carbons (Fsp3) is 0.273. The molecule has 1 N–H and O–H groups in total. The Balaban J connectivity index is 1.50. The standard InChI is InChI=1S/C22H22N4O4/c27-26(28)20-21(23-15-24-22(20)30-18-9-5-2-6-10-18)25-16-11-13-19(14-12-16)29-17-7-3-1-4-8-17/h1,3-4,7-8,11-15,18H,2,5-6,9-10H2,(H,23,24,25). The molecule has 0 radical (unpaired) electrons. The van der Waals surface area contributed by atoms with Crippen LogP contribution in [0.4, 0.5) is 17.2 Å². The van der Waals surface area contributed by atoms with E-state index in [1.807, 2.05) is 30.3 Å². The molecule has 4 rings (SSSR count). The molecule has 1 heterocycles. The van der Waals surface area contributed by atoms with Gasteiger partial charge in [0.1, 0.15) is 23.9 Å². The number of hydrogen-bond donors (Lipinski definition) is 1. The van der Waals surface area contributed by atoms with Crippen LogP contribution in [0.15, 0.2) is 60.9 Å². The van der Waals surface area contributed by atoms with E-state index < -0.39 is 4.92 Å². The zero-order valence-corrected chi connectivity index (χ0v) is 16.4. The van der Waals surface area contributed by atoms with Crippen molar-refractivity contribution in [2.75, 3.05) is 5.32 Å². The summed E-state index contributed by atoms with van der Waals surface area (Å²) in [6.45, 7) is 0. The van der Waals surface area contributed by atoms with Crippen molar-refractivity contribution < 1.29 is 14.4 Å². The van der Waals surface area contributed by atoms with E-state index in [-0.39, 0.29) is 23.5 Å². The first kappa shape index (κ1) is 19.6. The second kappa shape index (κ2) is 9.21. The van der Waals surface area contributed by atoms with Crippen LogP contribution in [-0.2, 0) is 0 Å². The normalized spacial score (nSPS) is 14.1. The number of ether oxygens (including phenoxy) is 2. The van der Waals surface area contributed by atoms with Gasteiger partial charge < -0.3 is 14.8 Å². The van der Waals surface area contributed by atoms with Crippen molar-refractivity contribution in [3.05, 3.63) is 71.0 Å². The van der Waals surface area contributed by atoms with Crippen LogP contribution in [0.1, 0.15) is 32.1 Å². The Morgan fingerprint density at radius 2 is 1.63 bits per heavy atom. The first-order valence-electron chi connectivity index (χ1n) is 9.95. The molecule has 8 heteroatoms. The highest BCUT2D eigenvalue weighted by molar-refractivity contribution is 5.68. The van der Waals surface area contributed by atoms with Crippen molar-refractivity contribution in [3.8, 4) is 17.4 Å². The lowest BCUT2D eigenvalue weighted by molar-refractivity contribution is -0.385. The second-order valence-corrected chi connectivity index (χ2v) is 7.08. The summed E-state index contributed by atoms with van der Waals surface area (Å²) < 4.78 is 11.6. The third-order valence-corrected chi connectivity index (χ3v) is 4.90. The fourth-order valence-electron chi connectivity index (χ4n) is 3.41. The van der Waals surface area contributed by atoms with Gasteiger partial charge in [0.05, 0.1) is 4.92 Å². The topological polar surface area (TPSA) is 99.4 Å². The smallest absolute Gasteiger partial charge is 0.373 e. The van der Waals surface area contributed by atoms with E-state index >= 15 is 0 Å². The van der Waals surface area contributed by atoms with Crippen LogP contribution in [0.5, 0.6) is 17.4 Å². The average molecular weight is 406 g/mol. The van der Waals surface area contributed by atoms with E-state index in [0.717, 1.165) is 31.4 Å². The third kappa shape index (κ3) is 4.83. The fourth-order valence-corrected chi connectivity index (χ4v) is 3.41. The molecule has 3 aromatic rings. The molecule has 1 aliphatic rings. The molecule has 0 aliphatic heterocycles. The second-order valence-electron chi connectivity index (χ2n) is 7.08. The summed E-state index contributed by atoms with van der Waals surface area (Å²) in [6.07, 6.45) is 6.29. The third-order valence-electron chi connectivity index (χ3n) is 4.90. The Labute approximate surface area is 174 Å². The number of hydrogen-bond acceptors (Lipinski definition) is 7. The van der Waals surface area contributed by atoms with Gasteiger partial charge in [0, 0.05) is 5.69 Å². The summed E-state index contributed by atoms with van der Waals surface area (Å²) in [6, 6.07) is 16.5. The van der Waals surface area contributed by atoms with Gasteiger partial charge >= 0.3 is 5.69 Å². The summed E-state index contributed by atoms with van der Waals surface area (Å²) in [4.78, 5) is 19.3. The molecule has 30 heavy (non-hydrogen) atoms. The summed E-state index contributed by atoms with van der Waals surface area (Å²) in [5.74, 6) is 1.49. The number of benzene rings is 2. The van der Waals surface area contributed by atoms with Crippen molar-refractivity contribution in [1.29, 1.82) is 0 Å². The number of nitro groups is 1. The Morgan fingerprint density at radius 1 is 0.933 bits per heavy atom. The number of aromatic nitrogens is 2. The van der Waals surface area contributed by atoms with E-state index in [1.54, 1.807) is 24.3 Å². The van der Waals surface area contributed by atoms with Gasteiger partial charge in [-0.2, -0.15) is 4.98 Å². The molecule has 0 unspecified atom stereocenters. The van der Waals surface area contributed by atoms with Crippen LogP contribution in [-0.4, -0.2) is 21.0 Å². The van der Waals surface area contributed by atoms with Crippen LogP contribution in [0.2, 0.25) is 0 Å². The van der Waals surface area contributed by atoms with Crippen LogP contribution in [0.25, 0.3) is 0 Å². The van der Waals surface area contributed by atoms with E-state index in [9.17, 15) is 10.1 Å². The van der Waals surface area contributed by atoms with Crippen molar-refractivity contribution in [1.82, 2.24) is 9.97 Å². The molecule has 1 aromatic heterocycles. The molecule has 0 saturated heterocycles. The Bertz CT molecular complexity index is 990. The summed E-state index contributed by atoms with van der Waals surface area (Å²) in [5.41, 5.74) is 0.383. The minimum absolute atomic E-state index is 0.00781. The number of anilines is 2. The molecular weight excluding hydrogens is 384 g/mol. The van der Waals surface area contributed by atoms with Crippen molar-refractivity contribution >= 4 is 17.2 Å². The molecule has 154 valence electrons. The van der Waals surface area contributed by atoms with Gasteiger partial charge in [-0.15, -0.1) is 0 Å². The number of nitrogens with one attached hydrogen (secondary N) is 1. The summed E-state index contributed by atoms with van der Waals surface area (Å²) >= 11 is 0. The van der Waals surface area contributed by atoms with E-state index in [4.69, 9.17) is 9.47 Å². The molecule has 1 fully saturated rings. The monoisotopic (exact) mass is 406 g/mol. The highest BCUT2D eigenvalue weighted by Crippen LogP contribution is 2.35. The number of rotatable bonds is 7. The summed E-state index contributed by atoms with van der Waals surface area (Å²) in [5, 5.41) is 14.7. The Hall–Kier alpha value is -3.68. The van der Waals surface area contributed by atoms with E-state index in [0.29, 0.717) is 11.4 Å². The minimum Gasteiger partial charge on any atom is -0.469 e. The SMILES string of the molecule is O=[N+]([O-])c1c(Nc2ccc(Oc3ccccc3)cc2)ncnc1OC1CCCCC1. The Morgan fingerprint density at radius 3 is 2.33 bits per heavy atom. The van der Waals surface area contributed by atoms with Crippen molar-refractivity contribution in [2.45, 2.75) is 38.2 Å². The van der Waals surface area contributed by atoms with E-state index in [2.05, 4.69) is 15.3 Å². The Kier molecular flexibility index (Phi) is 6.03. The van der Waals surface area contributed by atoms with Gasteiger partial charge in [-0.1, -0.05) is 24.6 Å². The highest BCUT2D eigenvalue weighted by atomic mass is 16.6. The molecule has 1 saturated carbocycles. The molecule has 0 bridgehead atoms. The lowest BCUT2D eigenvalue weighted by Crippen LogP contribution is -2.21. The zero-order chi connectivity index (χ0) is 20.8. The first-order valence-corrected chi connectivity index (χ1v) is 9.95. The maximum atomic E-state index is 11.7. The molecule has 8 nitrogen and oxygen atoms in total. The maximum absolute atomic E-state index is 11.7. The zero-order valence-electron chi connectivity index (χ0n) is 16.4. The van der Waals surface area contributed by atoms with Gasteiger partial charge in [-0.25, -0.2) is 4.98 Å². The number of para-hydroxylation sites is 1. The first-order chi connectivity index (χ1) is 14.7. The summed E-state index contributed by atoms with van der Waals surface area (Å²) in [7, 11) is 0. The van der Waals surface area contributed by atoms with Gasteiger partial charge in [-0.3, -0.25) is 10.1 Å². The van der Waals surface area contributed by atoms with Gasteiger partial charge in [0.2, 0.25) is 5.82 Å². The largest absolute Gasteiger partial charge is 0.469 e. The minimum atomic E-state index is -0.507. The predicted molar refractivity (Wildman–Crippen MR) is 112 cm³/mol. The van der Waals surface area contributed by atoms with E-state index in [1.165, 1.54) is 12.7 Å². The molecule has 1 aliphatic carbocycles. The lowest BCUT2D eigenvalue weighted by atomic mass is 9.98. The quantitative estimate of drug-likeness (QED) is 0.401. The van der Waals surface area contributed by atoms with Crippen LogP contribution >= 0.6 is 0 Å². The number of nitrogens with zero attached hydrogens (tertiary/aromatic N) is 3. The molecule has 2 aromatic carbocycles. The predicted octanol–water partition coefficient (Wildman–Crippen LogP) is 5.63. The lowest BCUT2D eigenvalue weighted by Gasteiger charge is -2.22. The van der Waals surface area contributed by atoms with Crippen LogP contribution < -0.4 is 14.8 Å². The molecule has 0 spiro atoms.